The summed E-state index contributed by atoms with van der Waals surface area (Å²) < 4.78 is 21.7. The smallest absolute Gasteiger partial charge is 0.244 e. The summed E-state index contributed by atoms with van der Waals surface area (Å²) in [5, 5.41) is 3.05. The summed E-state index contributed by atoms with van der Waals surface area (Å²) in [5.74, 6) is 2.26. The Kier molecular flexibility index (Phi) is 8.39. The summed E-state index contributed by atoms with van der Waals surface area (Å²) in [7, 11) is 6.36. The van der Waals surface area contributed by atoms with Gasteiger partial charge in [0.15, 0.2) is 11.5 Å². The molecule has 0 radical (unpaired) electrons. The van der Waals surface area contributed by atoms with Crippen LogP contribution in [-0.2, 0) is 4.79 Å². The summed E-state index contributed by atoms with van der Waals surface area (Å²) in [6.07, 6.45) is 5.58. The standard InChI is InChI=1S/C25H32N2O5/c1-29-21-10-6-5-9-19(21)20(27-13-7-8-14-27)17-26-24(28)12-11-18-15-22(30-2)25(32-4)23(16-18)31-3/h5-6,9-12,15-16,20H,7-8,13-14,17H2,1-4H3,(H,26,28)/b12-11+. The zero-order valence-corrected chi connectivity index (χ0v) is 19.2. The van der Waals surface area contributed by atoms with E-state index in [-0.39, 0.29) is 11.9 Å². The number of methoxy groups -OCH3 is 4. The second kappa shape index (κ2) is 11.4. The first-order valence-corrected chi connectivity index (χ1v) is 10.7. The number of nitrogens with one attached hydrogen (secondary N) is 1. The number of likely N-dealkylation sites (tertiary alicyclic amines) is 1. The highest BCUT2D eigenvalue weighted by Crippen LogP contribution is 2.38. The van der Waals surface area contributed by atoms with Gasteiger partial charge in [0, 0.05) is 18.2 Å². The molecule has 1 heterocycles. The average Bonchev–Trinajstić information content (AvgIpc) is 3.37. The Bertz CT molecular complexity index is 913. The van der Waals surface area contributed by atoms with Gasteiger partial charge < -0.3 is 24.3 Å². The molecule has 0 saturated carbocycles. The fourth-order valence-electron chi connectivity index (χ4n) is 4.06. The van der Waals surface area contributed by atoms with Crippen LogP contribution in [0.1, 0.15) is 30.0 Å². The van der Waals surface area contributed by atoms with Gasteiger partial charge in [-0.2, -0.15) is 0 Å². The maximum Gasteiger partial charge on any atom is 0.244 e. The largest absolute Gasteiger partial charge is 0.496 e. The van der Waals surface area contributed by atoms with E-state index in [9.17, 15) is 4.79 Å². The second-order valence-corrected chi connectivity index (χ2v) is 7.54. The van der Waals surface area contributed by atoms with Crippen LogP contribution in [0, 0.1) is 0 Å². The van der Waals surface area contributed by atoms with Crippen LogP contribution in [0.15, 0.2) is 42.5 Å². The molecule has 1 N–H and O–H groups in total. The van der Waals surface area contributed by atoms with Crippen LogP contribution in [0.3, 0.4) is 0 Å². The van der Waals surface area contributed by atoms with Crippen LogP contribution in [0.2, 0.25) is 0 Å². The van der Waals surface area contributed by atoms with E-state index in [0.717, 1.165) is 30.0 Å². The normalized spacial score (nSPS) is 14.9. The summed E-state index contributed by atoms with van der Waals surface area (Å²) in [6.45, 7) is 2.53. The monoisotopic (exact) mass is 440 g/mol. The minimum atomic E-state index is -0.169. The number of rotatable bonds is 10. The van der Waals surface area contributed by atoms with Gasteiger partial charge in [-0.3, -0.25) is 9.69 Å². The van der Waals surface area contributed by atoms with Crippen molar-refractivity contribution in [2.75, 3.05) is 48.1 Å². The molecule has 1 aliphatic rings. The van der Waals surface area contributed by atoms with Gasteiger partial charge in [0.05, 0.1) is 34.5 Å². The van der Waals surface area contributed by atoms with Crippen molar-refractivity contribution in [2.45, 2.75) is 18.9 Å². The molecule has 32 heavy (non-hydrogen) atoms. The van der Waals surface area contributed by atoms with Gasteiger partial charge in [0.25, 0.3) is 0 Å². The maximum absolute atomic E-state index is 12.6. The lowest BCUT2D eigenvalue weighted by molar-refractivity contribution is -0.116. The third-order valence-corrected chi connectivity index (χ3v) is 5.66. The van der Waals surface area contributed by atoms with E-state index in [1.165, 1.54) is 18.9 Å². The average molecular weight is 441 g/mol. The third-order valence-electron chi connectivity index (χ3n) is 5.66. The molecule has 7 heteroatoms. The van der Waals surface area contributed by atoms with Crippen LogP contribution < -0.4 is 24.3 Å². The maximum atomic E-state index is 12.6. The van der Waals surface area contributed by atoms with Crippen molar-refractivity contribution >= 4 is 12.0 Å². The number of hydrogen-bond donors (Lipinski definition) is 1. The van der Waals surface area contributed by atoms with E-state index in [4.69, 9.17) is 18.9 Å². The quantitative estimate of drug-likeness (QED) is 0.569. The molecule has 1 unspecified atom stereocenters. The fourth-order valence-corrected chi connectivity index (χ4v) is 4.06. The Labute approximate surface area is 189 Å². The SMILES string of the molecule is COc1ccccc1C(CNC(=O)/C=C/c1cc(OC)c(OC)c(OC)c1)N1CCCC1. The van der Waals surface area contributed by atoms with E-state index in [2.05, 4.69) is 16.3 Å². The molecular weight excluding hydrogens is 408 g/mol. The Hall–Kier alpha value is -3.19. The molecule has 1 amide bonds. The molecule has 7 nitrogen and oxygen atoms in total. The summed E-state index contributed by atoms with van der Waals surface area (Å²) in [4.78, 5) is 15.0. The molecule has 0 aliphatic carbocycles. The fraction of sp³-hybridized carbons (Fsp3) is 0.400. The second-order valence-electron chi connectivity index (χ2n) is 7.54. The third kappa shape index (κ3) is 5.53. The molecule has 172 valence electrons. The van der Waals surface area contributed by atoms with Crippen LogP contribution >= 0.6 is 0 Å². The number of ether oxygens (including phenoxy) is 4. The number of amides is 1. The number of carbonyl (C=O) groups excluding carboxylic acids is 1. The van der Waals surface area contributed by atoms with E-state index >= 15 is 0 Å². The minimum absolute atomic E-state index is 0.0622. The number of nitrogens with zero attached hydrogens (tertiary/aromatic N) is 1. The Morgan fingerprint density at radius 1 is 0.969 bits per heavy atom. The predicted octanol–water partition coefficient (Wildman–Crippen LogP) is 3.69. The van der Waals surface area contributed by atoms with Gasteiger partial charge in [-0.1, -0.05) is 18.2 Å². The Morgan fingerprint density at radius 3 is 2.19 bits per heavy atom. The molecule has 0 aromatic heterocycles. The number of para-hydroxylation sites is 1. The molecule has 3 rings (SSSR count). The molecule has 2 aromatic carbocycles. The minimum Gasteiger partial charge on any atom is -0.496 e. The van der Waals surface area contributed by atoms with Crippen LogP contribution in [0.5, 0.6) is 23.0 Å². The van der Waals surface area contributed by atoms with Gasteiger partial charge in [-0.05, 0) is 55.8 Å². The zero-order chi connectivity index (χ0) is 22.9. The van der Waals surface area contributed by atoms with Crippen molar-refractivity contribution in [1.29, 1.82) is 0 Å². The first kappa shape index (κ1) is 23.5. The van der Waals surface area contributed by atoms with Crippen molar-refractivity contribution in [3.63, 3.8) is 0 Å². The lowest BCUT2D eigenvalue weighted by Crippen LogP contribution is -2.36. The number of carbonyl (C=O) groups is 1. The molecule has 1 saturated heterocycles. The summed E-state index contributed by atoms with van der Waals surface area (Å²) in [5.41, 5.74) is 1.86. The molecule has 1 atom stereocenters. The van der Waals surface area contributed by atoms with Gasteiger partial charge in [-0.25, -0.2) is 0 Å². The highest BCUT2D eigenvalue weighted by atomic mass is 16.5. The first-order chi connectivity index (χ1) is 15.6. The number of benzene rings is 2. The van der Waals surface area contributed by atoms with Gasteiger partial charge in [0.1, 0.15) is 5.75 Å². The zero-order valence-electron chi connectivity index (χ0n) is 19.2. The molecule has 1 fully saturated rings. The Morgan fingerprint density at radius 2 is 1.59 bits per heavy atom. The van der Waals surface area contributed by atoms with Gasteiger partial charge in [0.2, 0.25) is 11.7 Å². The van der Waals surface area contributed by atoms with Crippen molar-refractivity contribution in [2.24, 2.45) is 0 Å². The summed E-state index contributed by atoms with van der Waals surface area (Å²) in [6, 6.07) is 11.7. The highest BCUT2D eigenvalue weighted by molar-refractivity contribution is 5.92. The van der Waals surface area contributed by atoms with Crippen molar-refractivity contribution < 1.29 is 23.7 Å². The molecule has 1 aliphatic heterocycles. The molecule has 0 bridgehead atoms. The van der Waals surface area contributed by atoms with Gasteiger partial charge in [-0.15, -0.1) is 0 Å². The van der Waals surface area contributed by atoms with Crippen LogP contribution in [0.25, 0.3) is 6.08 Å². The lowest BCUT2D eigenvalue weighted by Gasteiger charge is -2.29. The van der Waals surface area contributed by atoms with E-state index in [1.807, 2.05) is 18.2 Å². The van der Waals surface area contributed by atoms with Crippen LogP contribution in [0.4, 0.5) is 0 Å². The van der Waals surface area contributed by atoms with E-state index in [0.29, 0.717) is 23.8 Å². The van der Waals surface area contributed by atoms with Gasteiger partial charge >= 0.3 is 0 Å². The Balaban J connectivity index is 1.72. The van der Waals surface area contributed by atoms with Crippen molar-refractivity contribution in [3.8, 4) is 23.0 Å². The van der Waals surface area contributed by atoms with Crippen molar-refractivity contribution in [3.05, 3.63) is 53.6 Å². The van der Waals surface area contributed by atoms with E-state index < -0.39 is 0 Å². The number of hydrogen-bond acceptors (Lipinski definition) is 6. The molecule has 2 aromatic rings. The van der Waals surface area contributed by atoms with E-state index in [1.54, 1.807) is 46.6 Å². The lowest BCUT2D eigenvalue weighted by atomic mass is 10.0. The van der Waals surface area contributed by atoms with Crippen molar-refractivity contribution in [1.82, 2.24) is 10.2 Å². The first-order valence-electron chi connectivity index (χ1n) is 10.7. The van der Waals surface area contributed by atoms with Crippen LogP contribution in [-0.4, -0.2) is 58.9 Å². The molecule has 0 spiro atoms. The highest BCUT2D eigenvalue weighted by Gasteiger charge is 2.26. The predicted molar refractivity (Wildman–Crippen MR) is 125 cm³/mol. The summed E-state index contributed by atoms with van der Waals surface area (Å²) >= 11 is 0. The topological polar surface area (TPSA) is 69.3 Å². The molecular formula is C25H32N2O5.